The van der Waals surface area contributed by atoms with Crippen molar-refractivity contribution in [1.29, 1.82) is 0 Å². The van der Waals surface area contributed by atoms with Gasteiger partial charge in [0, 0.05) is 20.3 Å². The van der Waals surface area contributed by atoms with Crippen molar-refractivity contribution in [3.05, 3.63) is 26.4 Å². The minimum Gasteiger partial charge on any atom is -0.478 e. The van der Waals surface area contributed by atoms with Crippen LogP contribution in [-0.4, -0.2) is 11.1 Å². The first-order chi connectivity index (χ1) is 6.99. The molecule has 0 aliphatic rings. The van der Waals surface area contributed by atoms with Gasteiger partial charge in [0.2, 0.25) is 0 Å². The number of halogens is 1. The van der Waals surface area contributed by atoms with Crippen molar-refractivity contribution in [2.45, 2.75) is 20.3 Å². The topological polar surface area (TPSA) is 37.3 Å². The highest BCUT2D eigenvalue weighted by molar-refractivity contribution is 9.10. The fraction of sp³-hybridized carbons (Fsp3) is 0.364. The largest absolute Gasteiger partial charge is 0.478 e. The summed E-state index contributed by atoms with van der Waals surface area (Å²) in [6, 6.07) is 1.96. The van der Waals surface area contributed by atoms with E-state index in [9.17, 15) is 4.79 Å². The minimum atomic E-state index is -0.912. The molecule has 15 heavy (non-hydrogen) atoms. The summed E-state index contributed by atoms with van der Waals surface area (Å²) in [7, 11) is 0. The van der Waals surface area contributed by atoms with Gasteiger partial charge < -0.3 is 5.11 Å². The molecule has 0 saturated carbocycles. The molecule has 1 aromatic heterocycles. The molecule has 0 radical (unpaired) electrons. The molecule has 0 amide bonds. The van der Waals surface area contributed by atoms with E-state index in [4.69, 9.17) is 5.11 Å². The predicted octanol–water partition coefficient (Wildman–Crippen LogP) is 3.81. The zero-order valence-electron chi connectivity index (χ0n) is 8.66. The van der Waals surface area contributed by atoms with Crippen LogP contribution in [0.15, 0.2) is 16.6 Å². The Balaban J connectivity index is 2.81. The maximum absolute atomic E-state index is 10.3. The van der Waals surface area contributed by atoms with Crippen LogP contribution in [0.2, 0.25) is 0 Å². The van der Waals surface area contributed by atoms with Gasteiger partial charge >= 0.3 is 5.97 Å². The first-order valence-corrected chi connectivity index (χ1v) is 6.29. The lowest BCUT2D eigenvalue weighted by Gasteiger charge is -2.01. The van der Waals surface area contributed by atoms with Crippen LogP contribution in [0.25, 0.3) is 6.08 Å². The molecule has 0 atom stereocenters. The molecule has 0 unspecified atom stereocenters. The van der Waals surface area contributed by atoms with Crippen LogP contribution in [0.5, 0.6) is 0 Å². The van der Waals surface area contributed by atoms with Crippen LogP contribution < -0.4 is 0 Å². The van der Waals surface area contributed by atoms with Crippen molar-refractivity contribution >= 4 is 39.3 Å². The summed E-state index contributed by atoms with van der Waals surface area (Å²) in [6.45, 7) is 4.33. The average molecular weight is 289 g/mol. The summed E-state index contributed by atoms with van der Waals surface area (Å²) < 4.78 is 1.08. The highest BCUT2D eigenvalue weighted by Crippen LogP contribution is 2.30. The second-order valence-electron chi connectivity index (χ2n) is 3.69. The molecule has 1 rings (SSSR count). The first-order valence-electron chi connectivity index (χ1n) is 4.68. The minimum absolute atomic E-state index is 0.608. The second kappa shape index (κ2) is 5.47. The van der Waals surface area contributed by atoms with E-state index in [2.05, 4.69) is 29.8 Å². The van der Waals surface area contributed by atoms with Crippen molar-refractivity contribution in [3.8, 4) is 0 Å². The van der Waals surface area contributed by atoms with Gasteiger partial charge in [0.05, 0.1) is 0 Å². The van der Waals surface area contributed by atoms with Crippen LogP contribution >= 0.6 is 27.3 Å². The number of thiophene rings is 1. The van der Waals surface area contributed by atoms with E-state index in [1.54, 1.807) is 17.4 Å². The summed E-state index contributed by atoms with van der Waals surface area (Å²) in [6.07, 6.45) is 3.81. The van der Waals surface area contributed by atoms with E-state index in [-0.39, 0.29) is 0 Å². The molecule has 82 valence electrons. The van der Waals surface area contributed by atoms with Crippen molar-refractivity contribution < 1.29 is 9.90 Å². The summed E-state index contributed by atoms with van der Waals surface area (Å²) in [5.74, 6) is -0.304. The number of hydrogen-bond acceptors (Lipinski definition) is 2. The Labute approximate surface area is 102 Å². The van der Waals surface area contributed by atoms with Gasteiger partial charge in [0.25, 0.3) is 0 Å². The monoisotopic (exact) mass is 288 g/mol. The average Bonchev–Trinajstić information content (AvgIpc) is 2.43. The van der Waals surface area contributed by atoms with Gasteiger partial charge in [0.15, 0.2) is 0 Å². The van der Waals surface area contributed by atoms with Crippen LogP contribution in [0, 0.1) is 5.92 Å². The molecule has 2 nitrogen and oxygen atoms in total. The molecule has 0 spiro atoms. The lowest BCUT2D eigenvalue weighted by atomic mass is 10.1. The molecule has 1 aromatic rings. The standard InChI is InChI=1S/C11H13BrO2S/c1-7(2)5-10-9(12)6-8(15-10)3-4-11(13)14/h3-4,6-7H,5H2,1-2H3,(H,13,14). The van der Waals surface area contributed by atoms with Crippen molar-refractivity contribution in [2.24, 2.45) is 5.92 Å². The fourth-order valence-corrected chi connectivity index (χ4v) is 3.14. The van der Waals surface area contributed by atoms with Crippen LogP contribution in [0.3, 0.4) is 0 Å². The Morgan fingerprint density at radius 3 is 2.87 bits per heavy atom. The number of carbonyl (C=O) groups is 1. The smallest absolute Gasteiger partial charge is 0.328 e. The lowest BCUT2D eigenvalue weighted by molar-refractivity contribution is -0.131. The zero-order chi connectivity index (χ0) is 11.4. The summed E-state index contributed by atoms with van der Waals surface area (Å²) in [5, 5.41) is 8.50. The van der Waals surface area contributed by atoms with E-state index in [1.807, 2.05) is 6.07 Å². The van der Waals surface area contributed by atoms with Gasteiger partial charge in [-0.05, 0) is 40.4 Å². The molecular formula is C11H13BrO2S. The van der Waals surface area contributed by atoms with E-state index in [0.29, 0.717) is 5.92 Å². The zero-order valence-corrected chi connectivity index (χ0v) is 11.1. The maximum atomic E-state index is 10.3. The molecule has 4 heteroatoms. The van der Waals surface area contributed by atoms with Gasteiger partial charge in [0.1, 0.15) is 0 Å². The van der Waals surface area contributed by atoms with Gasteiger partial charge in [-0.15, -0.1) is 11.3 Å². The Hall–Kier alpha value is -0.610. The number of aliphatic carboxylic acids is 1. The first kappa shape index (κ1) is 12.5. The Bertz CT molecular complexity index is 380. The number of rotatable bonds is 4. The molecule has 0 aliphatic heterocycles. The molecule has 0 aliphatic carbocycles. The summed E-state index contributed by atoms with van der Waals surface area (Å²) in [4.78, 5) is 12.6. The van der Waals surface area contributed by atoms with Crippen LogP contribution in [0.1, 0.15) is 23.6 Å². The summed E-state index contributed by atoms with van der Waals surface area (Å²) in [5.41, 5.74) is 0. The van der Waals surface area contributed by atoms with Gasteiger partial charge in [-0.1, -0.05) is 13.8 Å². The summed E-state index contributed by atoms with van der Waals surface area (Å²) >= 11 is 5.11. The number of carboxylic acids is 1. The van der Waals surface area contributed by atoms with Gasteiger partial charge in [-0.2, -0.15) is 0 Å². The van der Waals surface area contributed by atoms with E-state index in [1.165, 1.54) is 4.88 Å². The second-order valence-corrected chi connectivity index (χ2v) is 5.71. The Kier molecular flexibility index (Phi) is 4.54. The lowest BCUT2D eigenvalue weighted by Crippen LogP contribution is -1.90. The third-order valence-corrected chi connectivity index (χ3v) is 3.85. The molecule has 0 bridgehead atoms. The van der Waals surface area contributed by atoms with Crippen molar-refractivity contribution in [1.82, 2.24) is 0 Å². The van der Waals surface area contributed by atoms with Gasteiger partial charge in [-0.3, -0.25) is 0 Å². The van der Waals surface area contributed by atoms with E-state index < -0.39 is 5.97 Å². The van der Waals surface area contributed by atoms with E-state index in [0.717, 1.165) is 21.8 Å². The maximum Gasteiger partial charge on any atom is 0.328 e. The highest BCUT2D eigenvalue weighted by Gasteiger charge is 2.07. The predicted molar refractivity (Wildman–Crippen MR) is 67.2 cm³/mol. The van der Waals surface area contributed by atoms with Crippen molar-refractivity contribution in [3.63, 3.8) is 0 Å². The molecule has 1 N–H and O–H groups in total. The molecule has 0 saturated heterocycles. The quantitative estimate of drug-likeness (QED) is 0.856. The molecular weight excluding hydrogens is 276 g/mol. The Morgan fingerprint density at radius 2 is 2.33 bits per heavy atom. The van der Waals surface area contributed by atoms with Gasteiger partial charge in [-0.25, -0.2) is 4.79 Å². The third-order valence-electron chi connectivity index (χ3n) is 1.76. The normalized spacial score (nSPS) is 11.5. The Morgan fingerprint density at radius 1 is 1.67 bits per heavy atom. The molecule has 0 fully saturated rings. The van der Waals surface area contributed by atoms with E-state index >= 15 is 0 Å². The van der Waals surface area contributed by atoms with Crippen LogP contribution in [0.4, 0.5) is 0 Å². The highest BCUT2D eigenvalue weighted by atomic mass is 79.9. The number of hydrogen-bond donors (Lipinski definition) is 1. The molecule has 1 heterocycles. The third kappa shape index (κ3) is 4.18. The molecule has 0 aromatic carbocycles. The SMILES string of the molecule is CC(C)Cc1sc(C=CC(=O)O)cc1Br. The van der Waals surface area contributed by atoms with Crippen molar-refractivity contribution in [2.75, 3.05) is 0 Å². The number of carboxylic acid groups (broad SMARTS) is 1. The fourth-order valence-electron chi connectivity index (χ4n) is 1.17. The van der Waals surface area contributed by atoms with Crippen LogP contribution in [-0.2, 0) is 11.2 Å².